The lowest BCUT2D eigenvalue weighted by Gasteiger charge is -2.11. The SMILES string of the molecule is CCNC(C)c1cnn(-c2cnccn2)c1C. The first-order chi connectivity index (χ1) is 8.24. The van der Waals surface area contributed by atoms with E-state index in [1.54, 1.807) is 18.6 Å². The molecule has 0 aliphatic rings. The molecule has 1 unspecified atom stereocenters. The summed E-state index contributed by atoms with van der Waals surface area (Å²) in [4.78, 5) is 8.30. The van der Waals surface area contributed by atoms with Gasteiger partial charge in [-0.2, -0.15) is 5.10 Å². The molecule has 0 radical (unpaired) electrons. The predicted molar refractivity (Wildman–Crippen MR) is 66.0 cm³/mol. The number of hydrogen-bond donors (Lipinski definition) is 1. The molecule has 0 aliphatic heterocycles. The van der Waals surface area contributed by atoms with Crippen LogP contribution in [0.2, 0.25) is 0 Å². The van der Waals surface area contributed by atoms with Crippen LogP contribution in [0.3, 0.4) is 0 Å². The van der Waals surface area contributed by atoms with Gasteiger partial charge in [-0.15, -0.1) is 0 Å². The fourth-order valence-corrected chi connectivity index (χ4v) is 1.90. The average molecular weight is 231 g/mol. The molecule has 2 aromatic heterocycles. The Morgan fingerprint density at radius 1 is 1.35 bits per heavy atom. The zero-order valence-electron chi connectivity index (χ0n) is 10.4. The first-order valence-corrected chi connectivity index (χ1v) is 5.78. The minimum atomic E-state index is 0.297. The van der Waals surface area contributed by atoms with Crippen molar-refractivity contribution >= 4 is 0 Å². The lowest BCUT2D eigenvalue weighted by Crippen LogP contribution is -2.18. The lowest BCUT2D eigenvalue weighted by atomic mass is 10.1. The van der Waals surface area contributed by atoms with Gasteiger partial charge in [0, 0.05) is 29.7 Å². The van der Waals surface area contributed by atoms with Crippen LogP contribution >= 0.6 is 0 Å². The Bertz CT molecular complexity index is 477. The van der Waals surface area contributed by atoms with Crippen molar-refractivity contribution in [3.05, 3.63) is 36.0 Å². The van der Waals surface area contributed by atoms with Crippen LogP contribution in [-0.2, 0) is 0 Å². The molecule has 1 N–H and O–H groups in total. The van der Waals surface area contributed by atoms with Gasteiger partial charge in [-0.05, 0) is 20.4 Å². The maximum Gasteiger partial charge on any atom is 0.172 e. The van der Waals surface area contributed by atoms with E-state index in [2.05, 4.69) is 34.2 Å². The smallest absolute Gasteiger partial charge is 0.172 e. The first-order valence-electron chi connectivity index (χ1n) is 5.78. The van der Waals surface area contributed by atoms with Gasteiger partial charge in [-0.25, -0.2) is 9.67 Å². The molecule has 0 spiro atoms. The largest absolute Gasteiger partial charge is 0.310 e. The summed E-state index contributed by atoms with van der Waals surface area (Å²) in [6.45, 7) is 7.22. The standard InChI is InChI=1S/C12H17N5/c1-4-14-9(2)11-7-16-17(10(11)3)12-8-13-5-6-15-12/h5-9,14H,4H2,1-3H3. The third-order valence-corrected chi connectivity index (χ3v) is 2.79. The van der Waals surface area contributed by atoms with Gasteiger partial charge >= 0.3 is 0 Å². The summed E-state index contributed by atoms with van der Waals surface area (Å²) in [7, 11) is 0. The van der Waals surface area contributed by atoms with Gasteiger partial charge in [0.1, 0.15) is 0 Å². The molecule has 2 heterocycles. The topological polar surface area (TPSA) is 55.6 Å². The van der Waals surface area contributed by atoms with E-state index in [0.717, 1.165) is 18.1 Å². The van der Waals surface area contributed by atoms with E-state index in [-0.39, 0.29) is 0 Å². The third kappa shape index (κ3) is 2.34. The molecule has 0 saturated carbocycles. The molecule has 17 heavy (non-hydrogen) atoms. The minimum Gasteiger partial charge on any atom is -0.310 e. The second-order valence-corrected chi connectivity index (χ2v) is 3.94. The highest BCUT2D eigenvalue weighted by molar-refractivity contribution is 5.27. The summed E-state index contributed by atoms with van der Waals surface area (Å²) in [5.41, 5.74) is 2.29. The van der Waals surface area contributed by atoms with Crippen molar-refractivity contribution in [2.75, 3.05) is 6.54 Å². The molecular weight excluding hydrogens is 214 g/mol. The normalized spacial score (nSPS) is 12.6. The lowest BCUT2D eigenvalue weighted by molar-refractivity contribution is 0.594. The first kappa shape index (κ1) is 11.7. The maximum atomic E-state index is 4.36. The van der Waals surface area contributed by atoms with E-state index < -0.39 is 0 Å². The van der Waals surface area contributed by atoms with Crippen LogP contribution in [0.15, 0.2) is 24.8 Å². The Morgan fingerprint density at radius 2 is 2.18 bits per heavy atom. The van der Waals surface area contributed by atoms with Crippen molar-refractivity contribution in [3.8, 4) is 5.82 Å². The summed E-state index contributed by atoms with van der Waals surface area (Å²) >= 11 is 0. The molecule has 5 nitrogen and oxygen atoms in total. The number of aromatic nitrogens is 4. The van der Waals surface area contributed by atoms with E-state index in [4.69, 9.17) is 0 Å². The fraction of sp³-hybridized carbons (Fsp3) is 0.417. The average Bonchev–Trinajstić information content (AvgIpc) is 2.72. The van der Waals surface area contributed by atoms with Crippen LogP contribution in [-0.4, -0.2) is 26.3 Å². The Labute approximate surface area is 101 Å². The van der Waals surface area contributed by atoms with Crippen LogP contribution in [0.1, 0.15) is 31.1 Å². The quantitative estimate of drug-likeness (QED) is 0.869. The van der Waals surface area contributed by atoms with Gasteiger partial charge in [-0.1, -0.05) is 6.92 Å². The number of rotatable bonds is 4. The van der Waals surface area contributed by atoms with Gasteiger partial charge < -0.3 is 5.32 Å². The van der Waals surface area contributed by atoms with Gasteiger partial charge in [-0.3, -0.25) is 4.98 Å². The van der Waals surface area contributed by atoms with Crippen molar-refractivity contribution in [2.45, 2.75) is 26.8 Å². The summed E-state index contributed by atoms with van der Waals surface area (Å²) in [5, 5.41) is 7.74. The van der Waals surface area contributed by atoms with Gasteiger partial charge in [0.05, 0.1) is 12.4 Å². The van der Waals surface area contributed by atoms with Crippen molar-refractivity contribution in [1.82, 2.24) is 25.1 Å². The molecular formula is C12H17N5. The van der Waals surface area contributed by atoms with Crippen molar-refractivity contribution in [1.29, 1.82) is 0 Å². The summed E-state index contributed by atoms with van der Waals surface area (Å²) in [6, 6.07) is 0.297. The zero-order valence-corrected chi connectivity index (χ0v) is 10.4. The summed E-state index contributed by atoms with van der Waals surface area (Å²) < 4.78 is 1.82. The summed E-state index contributed by atoms with van der Waals surface area (Å²) in [5.74, 6) is 0.750. The van der Waals surface area contributed by atoms with Crippen LogP contribution in [0.4, 0.5) is 0 Å². The molecule has 90 valence electrons. The van der Waals surface area contributed by atoms with Gasteiger partial charge in [0.25, 0.3) is 0 Å². The maximum absolute atomic E-state index is 4.36. The van der Waals surface area contributed by atoms with Crippen LogP contribution in [0.5, 0.6) is 0 Å². The van der Waals surface area contributed by atoms with E-state index in [9.17, 15) is 0 Å². The van der Waals surface area contributed by atoms with Crippen LogP contribution < -0.4 is 5.32 Å². The highest BCUT2D eigenvalue weighted by Gasteiger charge is 2.13. The Morgan fingerprint density at radius 3 is 2.82 bits per heavy atom. The number of nitrogens with zero attached hydrogens (tertiary/aromatic N) is 4. The van der Waals surface area contributed by atoms with E-state index in [1.807, 2.05) is 17.8 Å². The van der Waals surface area contributed by atoms with Crippen molar-refractivity contribution in [3.63, 3.8) is 0 Å². The highest BCUT2D eigenvalue weighted by Crippen LogP contribution is 2.18. The van der Waals surface area contributed by atoms with Crippen LogP contribution in [0.25, 0.3) is 5.82 Å². The molecule has 0 fully saturated rings. The minimum absolute atomic E-state index is 0.297. The molecule has 0 amide bonds. The van der Waals surface area contributed by atoms with Crippen molar-refractivity contribution < 1.29 is 0 Å². The summed E-state index contributed by atoms with van der Waals surface area (Å²) in [6.07, 6.45) is 6.92. The Hall–Kier alpha value is -1.75. The molecule has 1 atom stereocenters. The molecule has 0 aliphatic carbocycles. The van der Waals surface area contributed by atoms with Gasteiger partial charge in [0.15, 0.2) is 5.82 Å². The second-order valence-electron chi connectivity index (χ2n) is 3.94. The highest BCUT2D eigenvalue weighted by atomic mass is 15.3. The molecule has 2 rings (SSSR count). The van der Waals surface area contributed by atoms with E-state index in [0.29, 0.717) is 6.04 Å². The van der Waals surface area contributed by atoms with Crippen molar-refractivity contribution in [2.24, 2.45) is 0 Å². The fourth-order valence-electron chi connectivity index (χ4n) is 1.90. The third-order valence-electron chi connectivity index (χ3n) is 2.79. The molecule has 0 aromatic carbocycles. The number of nitrogens with one attached hydrogen (secondary N) is 1. The number of hydrogen-bond acceptors (Lipinski definition) is 4. The molecule has 0 saturated heterocycles. The Kier molecular flexibility index (Phi) is 3.49. The zero-order chi connectivity index (χ0) is 12.3. The Balaban J connectivity index is 2.33. The second kappa shape index (κ2) is 5.05. The van der Waals surface area contributed by atoms with Gasteiger partial charge in [0.2, 0.25) is 0 Å². The molecule has 2 aromatic rings. The predicted octanol–water partition coefficient (Wildman–Crippen LogP) is 1.64. The van der Waals surface area contributed by atoms with Crippen LogP contribution in [0, 0.1) is 6.92 Å². The van der Waals surface area contributed by atoms with E-state index in [1.165, 1.54) is 5.56 Å². The molecule has 5 heteroatoms. The molecule has 0 bridgehead atoms. The monoisotopic (exact) mass is 231 g/mol. The van der Waals surface area contributed by atoms with E-state index >= 15 is 0 Å².